The predicted molar refractivity (Wildman–Crippen MR) is 56.9 cm³/mol. The third-order valence-electron chi connectivity index (χ3n) is 2.00. The lowest BCUT2D eigenvalue weighted by atomic mass is 10.3. The van der Waals surface area contributed by atoms with Crippen molar-refractivity contribution in [3.63, 3.8) is 0 Å². The van der Waals surface area contributed by atoms with Crippen LogP contribution in [0.3, 0.4) is 0 Å². The lowest BCUT2D eigenvalue weighted by Crippen LogP contribution is -2.04. The van der Waals surface area contributed by atoms with Crippen molar-refractivity contribution in [2.45, 2.75) is 0 Å². The number of nitrogens with zero attached hydrogens (tertiary/aromatic N) is 2. The molecule has 0 saturated heterocycles. The number of ether oxygens (including phenoxy) is 2. The van der Waals surface area contributed by atoms with Gasteiger partial charge in [0, 0.05) is 25.6 Å². The van der Waals surface area contributed by atoms with Crippen molar-refractivity contribution < 1.29 is 9.47 Å². The molecular weight excluding hydrogens is 192 g/mol. The third-order valence-corrected chi connectivity index (χ3v) is 2.00. The van der Waals surface area contributed by atoms with Gasteiger partial charge in [-0.3, -0.25) is 9.97 Å². The fraction of sp³-hybridized carbons (Fsp3) is 0.273. The van der Waals surface area contributed by atoms with Gasteiger partial charge in [-0.15, -0.1) is 0 Å². The van der Waals surface area contributed by atoms with E-state index in [4.69, 9.17) is 9.47 Å². The molecule has 1 heterocycles. The molecule has 0 aliphatic carbocycles. The minimum atomic E-state index is 0.544. The van der Waals surface area contributed by atoms with Crippen LogP contribution in [0.5, 0.6) is 5.75 Å². The molecule has 0 saturated carbocycles. The Morgan fingerprint density at radius 2 is 1.87 bits per heavy atom. The Morgan fingerprint density at radius 1 is 1.07 bits per heavy atom. The van der Waals surface area contributed by atoms with E-state index in [1.807, 2.05) is 18.2 Å². The summed E-state index contributed by atoms with van der Waals surface area (Å²) in [5.74, 6) is 0.792. The maximum atomic E-state index is 5.46. The average Bonchev–Trinajstić information content (AvgIpc) is 2.29. The van der Waals surface area contributed by atoms with E-state index in [1.54, 1.807) is 19.5 Å². The largest absolute Gasteiger partial charge is 0.491 e. The van der Waals surface area contributed by atoms with Crippen LogP contribution in [0.1, 0.15) is 0 Å². The summed E-state index contributed by atoms with van der Waals surface area (Å²) in [6.07, 6.45) is 3.34. The highest BCUT2D eigenvalue weighted by Crippen LogP contribution is 2.16. The molecule has 0 radical (unpaired) electrons. The average molecular weight is 204 g/mol. The van der Waals surface area contributed by atoms with Crippen LogP contribution < -0.4 is 4.74 Å². The number of rotatable bonds is 4. The van der Waals surface area contributed by atoms with Crippen LogP contribution in [-0.4, -0.2) is 30.3 Å². The molecular formula is C11H12N2O2. The van der Waals surface area contributed by atoms with Crippen molar-refractivity contribution in [2.75, 3.05) is 20.3 Å². The molecule has 2 aromatic rings. The minimum Gasteiger partial charge on any atom is -0.491 e. The van der Waals surface area contributed by atoms with Crippen LogP contribution in [0.4, 0.5) is 0 Å². The molecule has 0 atom stereocenters. The fourth-order valence-electron chi connectivity index (χ4n) is 1.28. The SMILES string of the molecule is COCCOc1ccc2nccnc2c1. The molecule has 4 heteroatoms. The molecule has 2 rings (SSSR count). The van der Waals surface area contributed by atoms with E-state index < -0.39 is 0 Å². The Bertz CT molecular complexity index is 445. The molecule has 0 aliphatic heterocycles. The first-order valence-corrected chi connectivity index (χ1v) is 4.72. The fourth-order valence-corrected chi connectivity index (χ4v) is 1.28. The van der Waals surface area contributed by atoms with E-state index in [9.17, 15) is 0 Å². The molecule has 0 unspecified atom stereocenters. The third kappa shape index (κ3) is 2.41. The Kier molecular flexibility index (Phi) is 3.09. The molecule has 0 fully saturated rings. The molecule has 4 nitrogen and oxygen atoms in total. The van der Waals surface area contributed by atoms with Gasteiger partial charge in [-0.05, 0) is 12.1 Å². The minimum absolute atomic E-state index is 0.544. The highest BCUT2D eigenvalue weighted by atomic mass is 16.5. The van der Waals surface area contributed by atoms with Gasteiger partial charge in [0.15, 0.2) is 0 Å². The lowest BCUT2D eigenvalue weighted by Gasteiger charge is -2.05. The number of benzene rings is 1. The van der Waals surface area contributed by atoms with Gasteiger partial charge in [-0.25, -0.2) is 0 Å². The summed E-state index contributed by atoms with van der Waals surface area (Å²) in [5, 5.41) is 0. The van der Waals surface area contributed by atoms with Crippen LogP contribution in [0.25, 0.3) is 11.0 Å². The van der Waals surface area contributed by atoms with Gasteiger partial charge in [-0.1, -0.05) is 0 Å². The van der Waals surface area contributed by atoms with Crippen LogP contribution in [-0.2, 0) is 4.74 Å². The quantitative estimate of drug-likeness (QED) is 0.710. The molecule has 0 spiro atoms. The normalized spacial score (nSPS) is 10.5. The Morgan fingerprint density at radius 3 is 2.67 bits per heavy atom. The second-order valence-electron chi connectivity index (χ2n) is 3.05. The van der Waals surface area contributed by atoms with Gasteiger partial charge >= 0.3 is 0 Å². The summed E-state index contributed by atoms with van der Waals surface area (Å²) >= 11 is 0. The van der Waals surface area contributed by atoms with E-state index >= 15 is 0 Å². The maximum Gasteiger partial charge on any atom is 0.121 e. The molecule has 0 bridgehead atoms. The molecule has 1 aromatic carbocycles. The topological polar surface area (TPSA) is 44.2 Å². The van der Waals surface area contributed by atoms with Crippen molar-refractivity contribution in [1.82, 2.24) is 9.97 Å². The Balaban J connectivity index is 2.16. The van der Waals surface area contributed by atoms with Gasteiger partial charge in [0.05, 0.1) is 17.6 Å². The highest BCUT2D eigenvalue weighted by Gasteiger charge is 1.98. The van der Waals surface area contributed by atoms with Crippen molar-refractivity contribution in [2.24, 2.45) is 0 Å². The first-order valence-electron chi connectivity index (χ1n) is 4.72. The first kappa shape index (κ1) is 9.86. The zero-order valence-electron chi connectivity index (χ0n) is 8.51. The number of hydrogen-bond acceptors (Lipinski definition) is 4. The van der Waals surface area contributed by atoms with E-state index in [0.717, 1.165) is 16.8 Å². The second kappa shape index (κ2) is 4.70. The van der Waals surface area contributed by atoms with Crippen LogP contribution >= 0.6 is 0 Å². The zero-order chi connectivity index (χ0) is 10.5. The number of aromatic nitrogens is 2. The highest BCUT2D eigenvalue weighted by molar-refractivity contribution is 5.75. The van der Waals surface area contributed by atoms with Gasteiger partial charge in [0.2, 0.25) is 0 Å². The second-order valence-corrected chi connectivity index (χ2v) is 3.05. The van der Waals surface area contributed by atoms with Crippen molar-refractivity contribution in [1.29, 1.82) is 0 Å². The van der Waals surface area contributed by atoms with Crippen LogP contribution in [0.15, 0.2) is 30.6 Å². The zero-order valence-corrected chi connectivity index (χ0v) is 8.51. The molecule has 0 N–H and O–H groups in total. The summed E-state index contributed by atoms with van der Waals surface area (Å²) in [6.45, 7) is 1.13. The van der Waals surface area contributed by atoms with Gasteiger partial charge in [-0.2, -0.15) is 0 Å². The summed E-state index contributed by atoms with van der Waals surface area (Å²) < 4.78 is 10.4. The number of fused-ring (bicyclic) bond motifs is 1. The molecule has 0 amide bonds. The lowest BCUT2D eigenvalue weighted by molar-refractivity contribution is 0.146. The van der Waals surface area contributed by atoms with Gasteiger partial charge in [0.25, 0.3) is 0 Å². The number of hydrogen-bond donors (Lipinski definition) is 0. The van der Waals surface area contributed by atoms with Crippen LogP contribution in [0, 0.1) is 0 Å². The molecule has 1 aromatic heterocycles. The van der Waals surface area contributed by atoms with E-state index in [-0.39, 0.29) is 0 Å². The standard InChI is InChI=1S/C11H12N2O2/c1-14-6-7-15-9-2-3-10-11(8-9)13-5-4-12-10/h2-5,8H,6-7H2,1H3. The van der Waals surface area contributed by atoms with Crippen LogP contribution in [0.2, 0.25) is 0 Å². The first-order chi connectivity index (χ1) is 7.40. The van der Waals surface area contributed by atoms with E-state index in [2.05, 4.69) is 9.97 Å². The molecule has 78 valence electrons. The van der Waals surface area contributed by atoms with E-state index in [1.165, 1.54) is 0 Å². The maximum absolute atomic E-state index is 5.46. The Labute approximate surface area is 87.9 Å². The summed E-state index contributed by atoms with van der Waals surface area (Å²) in [6, 6.07) is 5.65. The molecule has 15 heavy (non-hydrogen) atoms. The van der Waals surface area contributed by atoms with Crippen molar-refractivity contribution >= 4 is 11.0 Å². The Hall–Kier alpha value is -1.68. The summed E-state index contributed by atoms with van der Waals surface area (Å²) in [5.41, 5.74) is 1.71. The molecule has 0 aliphatic rings. The summed E-state index contributed by atoms with van der Waals surface area (Å²) in [4.78, 5) is 8.37. The predicted octanol–water partition coefficient (Wildman–Crippen LogP) is 1.66. The van der Waals surface area contributed by atoms with Gasteiger partial charge < -0.3 is 9.47 Å². The summed E-state index contributed by atoms with van der Waals surface area (Å²) in [7, 11) is 1.65. The number of methoxy groups -OCH3 is 1. The van der Waals surface area contributed by atoms with Crippen molar-refractivity contribution in [3.8, 4) is 5.75 Å². The monoisotopic (exact) mass is 204 g/mol. The van der Waals surface area contributed by atoms with Gasteiger partial charge in [0.1, 0.15) is 12.4 Å². The van der Waals surface area contributed by atoms with E-state index in [0.29, 0.717) is 13.2 Å². The smallest absolute Gasteiger partial charge is 0.121 e. The van der Waals surface area contributed by atoms with Crippen molar-refractivity contribution in [3.05, 3.63) is 30.6 Å².